The number of hydrogen-bond donors (Lipinski definition) is 0. The summed E-state index contributed by atoms with van der Waals surface area (Å²) < 4.78 is 28.0. The van der Waals surface area contributed by atoms with Gasteiger partial charge >= 0.3 is 17.9 Å². The lowest BCUT2D eigenvalue weighted by Gasteiger charge is -2.15. The van der Waals surface area contributed by atoms with E-state index in [0.29, 0.717) is 5.75 Å². The second-order valence-electron chi connectivity index (χ2n) is 10.9. The smallest absolute Gasteiger partial charge is 0.380 e. The Morgan fingerprint density at radius 2 is 0.918 bits per heavy atom. The summed E-state index contributed by atoms with van der Waals surface area (Å²) >= 11 is 0. The molecule has 5 aromatic rings. The zero-order valence-electron chi connectivity index (χ0n) is 26.8. The number of benzene rings is 5. The molecule has 0 aliphatic heterocycles. The van der Waals surface area contributed by atoms with Gasteiger partial charge in [0.2, 0.25) is 0 Å². The molecule has 248 valence electrons. The molecule has 0 heterocycles. The molecule has 0 bridgehead atoms. The predicted octanol–water partition coefficient (Wildman–Crippen LogP) is 7.09. The topological polar surface area (TPSA) is 114 Å². The highest BCUT2D eigenvalue weighted by molar-refractivity contribution is 6.40. The summed E-state index contributed by atoms with van der Waals surface area (Å²) in [5.74, 6) is -2.88. The quantitative estimate of drug-likeness (QED) is 0.0382. The number of ether oxygens (including phenoxy) is 5. The summed E-state index contributed by atoms with van der Waals surface area (Å²) in [5.41, 5.74) is 3.49. The molecule has 0 saturated heterocycles. The average Bonchev–Trinajstić information content (AvgIpc) is 3.14. The molecule has 0 aliphatic rings. The van der Waals surface area contributed by atoms with E-state index in [2.05, 4.69) is 0 Å². The van der Waals surface area contributed by atoms with Gasteiger partial charge in [-0.1, -0.05) is 97.1 Å². The molecule has 0 radical (unpaired) electrons. The monoisotopic (exact) mass is 658 g/mol. The zero-order valence-corrected chi connectivity index (χ0v) is 26.8. The lowest BCUT2D eigenvalue weighted by molar-refractivity contribution is -0.139. The van der Waals surface area contributed by atoms with E-state index < -0.39 is 23.7 Å². The molecule has 0 atom stereocenters. The van der Waals surface area contributed by atoms with Crippen LogP contribution in [0.2, 0.25) is 0 Å². The molecule has 0 aliphatic carbocycles. The first-order chi connectivity index (χ1) is 23.9. The maximum absolute atomic E-state index is 13.1. The van der Waals surface area contributed by atoms with Gasteiger partial charge in [-0.15, -0.1) is 0 Å². The molecule has 0 amide bonds. The Morgan fingerprint density at radius 3 is 1.41 bits per heavy atom. The lowest BCUT2D eigenvalue weighted by Crippen LogP contribution is -2.19. The van der Waals surface area contributed by atoms with Gasteiger partial charge in [0, 0.05) is 5.56 Å². The maximum Gasteiger partial charge on any atom is 0.380 e. The van der Waals surface area contributed by atoms with Crippen molar-refractivity contribution in [2.75, 3.05) is 13.2 Å². The molecular weight excluding hydrogens is 624 g/mol. The third-order valence-corrected chi connectivity index (χ3v) is 7.24. The largest absolute Gasteiger partial charge is 0.489 e. The van der Waals surface area contributed by atoms with Gasteiger partial charge in [-0.05, 0) is 59.5 Å². The summed E-state index contributed by atoms with van der Waals surface area (Å²) in [6, 6.07) is 36.6. The Labute approximate surface area is 284 Å². The van der Waals surface area contributed by atoms with Gasteiger partial charge in [0.15, 0.2) is 0 Å². The van der Waals surface area contributed by atoms with E-state index in [1.165, 1.54) is 18.2 Å². The SMILES string of the molecule is Cc1ccc(C(=O)OCc2ccccc2)c(OCCOc2cc(C(=O)C(=O)OCc3ccccc3)ccc2C(=O)OCc2ccccc2)c1. The number of esters is 3. The fourth-order valence-corrected chi connectivity index (χ4v) is 4.68. The van der Waals surface area contributed by atoms with E-state index in [1.54, 1.807) is 42.5 Å². The summed E-state index contributed by atoms with van der Waals surface area (Å²) in [4.78, 5) is 51.6. The third kappa shape index (κ3) is 9.89. The van der Waals surface area contributed by atoms with Crippen molar-refractivity contribution in [1.29, 1.82) is 0 Å². The van der Waals surface area contributed by atoms with Gasteiger partial charge in [-0.3, -0.25) is 4.79 Å². The van der Waals surface area contributed by atoms with Crippen molar-refractivity contribution in [2.45, 2.75) is 26.7 Å². The van der Waals surface area contributed by atoms with Crippen LogP contribution < -0.4 is 9.47 Å². The Balaban J connectivity index is 1.26. The van der Waals surface area contributed by atoms with Gasteiger partial charge in [-0.2, -0.15) is 0 Å². The summed E-state index contributed by atoms with van der Waals surface area (Å²) in [5, 5.41) is 0. The second kappa shape index (κ2) is 17.1. The second-order valence-corrected chi connectivity index (χ2v) is 10.9. The van der Waals surface area contributed by atoms with Crippen LogP contribution >= 0.6 is 0 Å². The van der Waals surface area contributed by atoms with Crippen LogP contribution in [-0.4, -0.2) is 36.9 Å². The highest BCUT2D eigenvalue weighted by Gasteiger charge is 2.23. The Morgan fingerprint density at radius 1 is 0.490 bits per heavy atom. The number of ketones is 1. The summed E-state index contributed by atoms with van der Waals surface area (Å²) in [6.07, 6.45) is 0. The molecule has 0 saturated carbocycles. The highest BCUT2D eigenvalue weighted by atomic mass is 16.6. The van der Waals surface area contributed by atoms with Crippen LogP contribution in [0.3, 0.4) is 0 Å². The van der Waals surface area contributed by atoms with Gasteiger partial charge in [0.1, 0.15) is 55.7 Å². The van der Waals surface area contributed by atoms with Crippen molar-refractivity contribution in [1.82, 2.24) is 0 Å². The van der Waals surface area contributed by atoms with E-state index in [0.717, 1.165) is 22.3 Å². The van der Waals surface area contributed by atoms with Crippen molar-refractivity contribution in [3.05, 3.63) is 166 Å². The molecule has 49 heavy (non-hydrogen) atoms. The van der Waals surface area contributed by atoms with E-state index >= 15 is 0 Å². The predicted molar refractivity (Wildman–Crippen MR) is 180 cm³/mol. The highest BCUT2D eigenvalue weighted by Crippen LogP contribution is 2.25. The van der Waals surface area contributed by atoms with Gasteiger partial charge in [0.05, 0.1) is 0 Å². The molecule has 0 spiro atoms. The number of carbonyl (C=O) groups is 4. The number of aryl methyl sites for hydroxylation is 1. The van der Waals surface area contributed by atoms with E-state index in [9.17, 15) is 19.2 Å². The summed E-state index contributed by atoms with van der Waals surface area (Å²) in [7, 11) is 0. The molecule has 0 unspecified atom stereocenters. The van der Waals surface area contributed by atoms with Crippen LogP contribution in [0.4, 0.5) is 0 Å². The molecule has 0 N–H and O–H groups in total. The minimum Gasteiger partial charge on any atom is -0.489 e. The first kappa shape index (κ1) is 34.1. The van der Waals surface area contributed by atoms with Crippen molar-refractivity contribution < 1.29 is 42.9 Å². The fraction of sp³-hybridized carbons (Fsp3) is 0.150. The first-order valence-corrected chi connectivity index (χ1v) is 15.5. The third-order valence-electron chi connectivity index (χ3n) is 7.24. The Hall–Kier alpha value is -6.22. The molecular formula is C40H34O9. The molecule has 0 aromatic heterocycles. The van der Waals surface area contributed by atoms with Crippen molar-refractivity contribution >= 4 is 23.7 Å². The Bertz CT molecular complexity index is 1890. The number of rotatable bonds is 15. The molecule has 0 fully saturated rings. The molecule has 9 heteroatoms. The number of hydrogen-bond acceptors (Lipinski definition) is 9. The number of Topliss-reactive ketones (excluding diaryl/α,β-unsaturated/α-hetero) is 1. The van der Waals surface area contributed by atoms with Gasteiger partial charge < -0.3 is 23.7 Å². The van der Waals surface area contributed by atoms with Crippen LogP contribution in [0.25, 0.3) is 0 Å². The van der Waals surface area contributed by atoms with E-state index in [4.69, 9.17) is 23.7 Å². The van der Waals surface area contributed by atoms with Crippen LogP contribution in [0.1, 0.15) is 53.3 Å². The standard InChI is InChI=1S/C40H34O9/c1-28-17-19-33(38(42)47-25-29-11-5-2-6-12-29)35(23-28)45-21-22-46-36-24-32(37(41)40(44)49-27-31-15-9-4-10-16-31)18-20-34(36)39(43)48-26-30-13-7-3-8-14-30/h2-20,23-24H,21-22,25-27H2,1H3. The number of carbonyl (C=O) groups excluding carboxylic acids is 4. The Kier molecular flexibility index (Phi) is 11.9. The zero-order chi connectivity index (χ0) is 34.4. The normalized spacial score (nSPS) is 10.5. The lowest BCUT2D eigenvalue weighted by atomic mass is 10.1. The van der Waals surface area contributed by atoms with Crippen molar-refractivity contribution in [3.8, 4) is 11.5 Å². The van der Waals surface area contributed by atoms with Crippen molar-refractivity contribution in [3.63, 3.8) is 0 Å². The van der Waals surface area contributed by atoms with Crippen molar-refractivity contribution in [2.24, 2.45) is 0 Å². The van der Waals surface area contributed by atoms with Crippen LogP contribution in [0.5, 0.6) is 11.5 Å². The molecule has 9 nitrogen and oxygen atoms in total. The maximum atomic E-state index is 13.1. The molecule has 5 aromatic carbocycles. The van der Waals surface area contributed by atoms with Crippen LogP contribution in [-0.2, 0) is 38.8 Å². The molecule has 5 rings (SSSR count). The van der Waals surface area contributed by atoms with E-state index in [-0.39, 0.29) is 55.5 Å². The van der Waals surface area contributed by atoms with Crippen LogP contribution in [0, 0.1) is 6.92 Å². The van der Waals surface area contributed by atoms with Gasteiger partial charge in [0.25, 0.3) is 5.78 Å². The minimum atomic E-state index is -1.05. The fourth-order valence-electron chi connectivity index (χ4n) is 4.68. The average molecular weight is 659 g/mol. The van der Waals surface area contributed by atoms with Gasteiger partial charge in [-0.25, -0.2) is 14.4 Å². The minimum absolute atomic E-state index is 0.00936. The summed E-state index contributed by atoms with van der Waals surface area (Å²) in [6.45, 7) is 1.80. The first-order valence-electron chi connectivity index (χ1n) is 15.5. The van der Waals surface area contributed by atoms with Crippen LogP contribution in [0.15, 0.2) is 127 Å². The van der Waals surface area contributed by atoms with E-state index in [1.807, 2.05) is 73.7 Å².